The van der Waals surface area contributed by atoms with Crippen LogP contribution in [0.5, 0.6) is 0 Å². The van der Waals surface area contributed by atoms with E-state index < -0.39 is 0 Å². The van der Waals surface area contributed by atoms with Crippen molar-refractivity contribution in [1.29, 1.82) is 0 Å². The molecule has 6 heteroatoms. The Bertz CT molecular complexity index is 126. The Morgan fingerprint density at radius 2 is 2.11 bits per heavy atom. The Labute approximate surface area is 58.5 Å². The summed E-state index contributed by atoms with van der Waals surface area (Å²) in [6, 6.07) is 0. The minimum absolute atomic E-state index is 0.0485. The molecule has 0 saturated heterocycles. The molecule has 0 radical (unpaired) electrons. The number of hydrogen-bond acceptors (Lipinski definition) is 2. The molecule has 0 heterocycles. The quantitative estimate of drug-likeness (QED) is 0.153. The van der Waals surface area contributed by atoms with Gasteiger partial charge in [0.1, 0.15) is 0 Å². The summed E-state index contributed by atoms with van der Waals surface area (Å²) in [6.07, 6.45) is 0. The summed E-state index contributed by atoms with van der Waals surface area (Å²) in [5, 5.41) is 6.41. The van der Waals surface area contributed by atoms with Crippen LogP contribution in [0.3, 0.4) is 0 Å². The number of hydrogen-bond donors (Lipinski definition) is 4. The zero-order valence-corrected chi connectivity index (χ0v) is 5.83. The highest BCUT2D eigenvalue weighted by atomic mass is 32.1. The molecule has 0 aliphatic rings. The van der Waals surface area contributed by atoms with Crippen molar-refractivity contribution in [2.24, 2.45) is 16.6 Å². The highest BCUT2D eigenvalue weighted by Crippen LogP contribution is 1.60. The van der Waals surface area contributed by atoms with Gasteiger partial charge in [0.25, 0.3) is 0 Å². The maximum absolute atomic E-state index is 4.97. The molecule has 0 aromatic carbocycles. The summed E-state index contributed by atoms with van der Waals surface area (Å²) < 4.78 is 0. The molecule has 9 heavy (non-hydrogen) atoms. The SMILES string of the molecule is CNC(=S)NN=C(N)N. The largest absolute Gasteiger partial charge is 0.369 e. The van der Waals surface area contributed by atoms with E-state index in [1.54, 1.807) is 7.05 Å². The number of nitrogens with one attached hydrogen (secondary N) is 2. The fourth-order valence-corrected chi connectivity index (χ4v) is 0.217. The van der Waals surface area contributed by atoms with Gasteiger partial charge in [0.05, 0.1) is 0 Å². The Kier molecular flexibility index (Phi) is 3.45. The van der Waals surface area contributed by atoms with E-state index in [1.165, 1.54) is 0 Å². The van der Waals surface area contributed by atoms with Gasteiger partial charge in [0, 0.05) is 7.05 Å². The first-order valence-electron chi connectivity index (χ1n) is 2.23. The van der Waals surface area contributed by atoms with Gasteiger partial charge in [-0.2, -0.15) is 0 Å². The van der Waals surface area contributed by atoms with Crippen LogP contribution in [-0.4, -0.2) is 18.1 Å². The second-order valence-electron chi connectivity index (χ2n) is 1.23. The second-order valence-corrected chi connectivity index (χ2v) is 1.64. The Hall–Kier alpha value is -1.04. The summed E-state index contributed by atoms with van der Waals surface area (Å²) in [6.45, 7) is 0. The fourth-order valence-electron chi connectivity index (χ4n) is 0.171. The van der Waals surface area contributed by atoms with Crippen LogP contribution >= 0.6 is 12.2 Å². The first-order valence-corrected chi connectivity index (χ1v) is 2.64. The molecular formula is C3H9N5S. The molecule has 0 amide bonds. The predicted octanol–water partition coefficient (Wildman–Crippen LogP) is -1.73. The van der Waals surface area contributed by atoms with Crippen LogP contribution in [0.25, 0.3) is 0 Å². The van der Waals surface area contributed by atoms with Gasteiger partial charge in [-0.25, -0.2) is 0 Å². The molecule has 0 unspecified atom stereocenters. The van der Waals surface area contributed by atoms with Crippen molar-refractivity contribution in [1.82, 2.24) is 10.7 Å². The van der Waals surface area contributed by atoms with Crippen LogP contribution in [0.2, 0.25) is 0 Å². The summed E-state index contributed by atoms with van der Waals surface area (Å²) >= 11 is 4.63. The number of rotatable bonds is 1. The molecular weight excluding hydrogens is 138 g/mol. The molecule has 0 saturated carbocycles. The lowest BCUT2D eigenvalue weighted by Gasteiger charge is -1.98. The molecule has 0 aliphatic carbocycles. The summed E-state index contributed by atoms with van der Waals surface area (Å²) in [7, 11) is 1.66. The molecule has 52 valence electrons. The van der Waals surface area contributed by atoms with E-state index in [1.807, 2.05) is 0 Å². The topological polar surface area (TPSA) is 88.5 Å². The smallest absolute Gasteiger partial charge is 0.208 e. The van der Waals surface area contributed by atoms with Crippen molar-refractivity contribution >= 4 is 23.3 Å². The van der Waals surface area contributed by atoms with Crippen LogP contribution in [-0.2, 0) is 0 Å². The molecule has 0 rings (SSSR count). The average molecular weight is 147 g/mol. The lowest BCUT2D eigenvalue weighted by molar-refractivity contribution is 0.967. The van der Waals surface area contributed by atoms with Gasteiger partial charge in [-0.15, -0.1) is 5.10 Å². The third kappa shape index (κ3) is 4.82. The van der Waals surface area contributed by atoms with Gasteiger partial charge in [-0.05, 0) is 12.2 Å². The van der Waals surface area contributed by atoms with Gasteiger partial charge >= 0.3 is 0 Å². The van der Waals surface area contributed by atoms with E-state index in [2.05, 4.69) is 28.1 Å². The van der Waals surface area contributed by atoms with Crippen LogP contribution in [0.15, 0.2) is 5.10 Å². The standard InChI is InChI=1S/C3H9N5S/c1-6-3(9)8-7-2(4)5/h1H3,(H4,4,5,7)(H2,6,8,9). The van der Waals surface area contributed by atoms with Crippen molar-refractivity contribution in [3.05, 3.63) is 0 Å². The highest BCUT2D eigenvalue weighted by molar-refractivity contribution is 7.80. The fraction of sp³-hybridized carbons (Fsp3) is 0.333. The van der Waals surface area contributed by atoms with E-state index in [-0.39, 0.29) is 5.96 Å². The van der Waals surface area contributed by atoms with Crippen LogP contribution in [0.4, 0.5) is 0 Å². The van der Waals surface area contributed by atoms with Gasteiger partial charge in [-0.3, -0.25) is 5.43 Å². The van der Waals surface area contributed by atoms with E-state index in [9.17, 15) is 0 Å². The van der Waals surface area contributed by atoms with Crippen LogP contribution < -0.4 is 22.2 Å². The van der Waals surface area contributed by atoms with E-state index >= 15 is 0 Å². The monoisotopic (exact) mass is 147 g/mol. The maximum atomic E-state index is 4.97. The number of guanidine groups is 1. The Morgan fingerprint density at radius 3 is 2.44 bits per heavy atom. The molecule has 0 bridgehead atoms. The molecule has 0 aromatic heterocycles. The Balaban J connectivity index is 3.50. The zero-order valence-electron chi connectivity index (χ0n) is 5.01. The number of thiocarbonyl (C=S) groups is 1. The van der Waals surface area contributed by atoms with Crippen molar-refractivity contribution < 1.29 is 0 Å². The minimum atomic E-state index is -0.0485. The number of nitrogens with zero attached hydrogens (tertiary/aromatic N) is 1. The van der Waals surface area contributed by atoms with Gasteiger partial charge in [0.15, 0.2) is 5.11 Å². The van der Waals surface area contributed by atoms with Crippen molar-refractivity contribution in [3.8, 4) is 0 Å². The first kappa shape index (κ1) is 7.96. The third-order valence-electron chi connectivity index (χ3n) is 0.514. The zero-order chi connectivity index (χ0) is 7.28. The van der Waals surface area contributed by atoms with Crippen molar-refractivity contribution in [2.75, 3.05) is 7.05 Å². The molecule has 0 aromatic rings. The van der Waals surface area contributed by atoms with Gasteiger partial charge in [-0.1, -0.05) is 0 Å². The molecule has 0 atom stereocenters. The molecule has 0 fully saturated rings. The molecule has 6 N–H and O–H groups in total. The predicted molar refractivity (Wildman–Crippen MR) is 40.6 cm³/mol. The average Bonchev–Trinajstić information content (AvgIpc) is 1.83. The van der Waals surface area contributed by atoms with Crippen LogP contribution in [0.1, 0.15) is 0 Å². The normalized spacial score (nSPS) is 7.67. The maximum Gasteiger partial charge on any atom is 0.208 e. The van der Waals surface area contributed by atoms with Gasteiger partial charge in [0.2, 0.25) is 5.96 Å². The van der Waals surface area contributed by atoms with Crippen LogP contribution in [0, 0.1) is 0 Å². The molecule has 5 nitrogen and oxygen atoms in total. The number of nitrogens with two attached hydrogens (primary N) is 2. The first-order chi connectivity index (χ1) is 4.16. The minimum Gasteiger partial charge on any atom is -0.369 e. The van der Waals surface area contributed by atoms with Crippen molar-refractivity contribution in [3.63, 3.8) is 0 Å². The summed E-state index contributed by atoms with van der Waals surface area (Å²) in [5.74, 6) is -0.0485. The number of hydrazone groups is 1. The lowest BCUT2D eigenvalue weighted by atomic mass is 11.0. The Morgan fingerprint density at radius 1 is 1.56 bits per heavy atom. The van der Waals surface area contributed by atoms with Crippen molar-refractivity contribution in [2.45, 2.75) is 0 Å². The van der Waals surface area contributed by atoms with E-state index in [4.69, 9.17) is 11.5 Å². The van der Waals surface area contributed by atoms with E-state index in [0.29, 0.717) is 5.11 Å². The second kappa shape index (κ2) is 3.90. The summed E-state index contributed by atoms with van der Waals surface area (Å²) in [4.78, 5) is 0. The molecule has 0 spiro atoms. The summed E-state index contributed by atoms with van der Waals surface area (Å²) in [5.41, 5.74) is 12.3. The van der Waals surface area contributed by atoms with E-state index in [0.717, 1.165) is 0 Å². The third-order valence-corrected chi connectivity index (χ3v) is 0.809. The molecule has 0 aliphatic heterocycles. The van der Waals surface area contributed by atoms with Gasteiger partial charge < -0.3 is 16.8 Å². The lowest BCUT2D eigenvalue weighted by Crippen LogP contribution is -2.33. The highest BCUT2D eigenvalue weighted by Gasteiger charge is 1.84.